The van der Waals surface area contributed by atoms with Gasteiger partial charge in [0.2, 0.25) is 0 Å². The molecule has 0 fully saturated rings. The number of ether oxygens (including phenoxy) is 1. The summed E-state index contributed by atoms with van der Waals surface area (Å²) in [5.74, 6) is -1.50. The Labute approximate surface area is 157 Å². The van der Waals surface area contributed by atoms with Gasteiger partial charge < -0.3 is 10.1 Å². The highest BCUT2D eigenvalue weighted by Gasteiger charge is 2.14. The molecule has 0 heterocycles. The number of amides is 1. The van der Waals surface area contributed by atoms with Crippen LogP contribution >= 0.6 is 28.1 Å². The largest absolute Gasteiger partial charge is 0.491 e. The van der Waals surface area contributed by atoms with E-state index in [1.54, 1.807) is 24.3 Å². The summed E-state index contributed by atoms with van der Waals surface area (Å²) in [7, 11) is 0. The third kappa shape index (κ3) is 5.47. The van der Waals surface area contributed by atoms with E-state index in [-0.39, 0.29) is 21.4 Å². The van der Waals surface area contributed by atoms with Crippen LogP contribution in [-0.2, 0) is 0 Å². The van der Waals surface area contributed by atoms with Gasteiger partial charge in [0.05, 0.1) is 11.8 Å². The first-order chi connectivity index (χ1) is 11.8. The zero-order chi connectivity index (χ0) is 18.6. The maximum Gasteiger partial charge on any atom is 0.257 e. The summed E-state index contributed by atoms with van der Waals surface area (Å²) < 4.78 is 32.6. The molecule has 1 amide bonds. The highest BCUT2D eigenvalue weighted by molar-refractivity contribution is 9.10. The minimum absolute atomic E-state index is 0.0279. The molecule has 132 valence electrons. The quantitative estimate of drug-likeness (QED) is 0.696. The van der Waals surface area contributed by atoms with E-state index in [9.17, 15) is 13.6 Å². The molecule has 0 aliphatic carbocycles. The Kier molecular flexibility index (Phi) is 6.44. The van der Waals surface area contributed by atoms with Gasteiger partial charge in [-0.3, -0.25) is 10.1 Å². The Hall–Kier alpha value is -2.06. The van der Waals surface area contributed by atoms with Crippen LogP contribution in [0.25, 0.3) is 0 Å². The van der Waals surface area contributed by atoms with Gasteiger partial charge >= 0.3 is 0 Å². The first-order valence-corrected chi connectivity index (χ1v) is 8.50. The molecule has 0 unspecified atom stereocenters. The summed E-state index contributed by atoms with van der Waals surface area (Å²) >= 11 is 8.05. The Morgan fingerprint density at radius 2 is 1.96 bits per heavy atom. The number of halogens is 3. The standard InChI is InChI=1S/C17H15BrF2N2O2S/c1-9(2)24-12-5-3-4-10(6-12)16(23)22-17(25)21-15-13(18)7-11(19)8-14(15)20/h3-9H,1-2H3,(H2,21,22,23,25). The summed E-state index contributed by atoms with van der Waals surface area (Å²) in [4.78, 5) is 12.2. The SMILES string of the molecule is CC(C)Oc1cccc(C(=O)NC(=S)Nc2c(F)cc(F)cc2Br)c1. The van der Waals surface area contributed by atoms with Crippen molar-refractivity contribution in [1.29, 1.82) is 0 Å². The van der Waals surface area contributed by atoms with E-state index in [2.05, 4.69) is 26.6 Å². The van der Waals surface area contributed by atoms with Gasteiger partial charge in [0.15, 0.2) is 10.9 Å². The van der Waals surface area contributed by atoms with Crippen molar-refractivity contribution >= 4 is 44.9 Å². The Balaban J connectivity index is 2.07. The van der Waals surface area contributed by atoms with Crippen molar-refractivity contribution in [3.63, 3.8) is 0 Å². The molecule has 25 heavy (non-hydrogen) atoms. The minimum atomic E-state index is -0.837. The summed E-state index contributed by atoms with van der Waals surface area (Å²) in [6.45, 7) is 3.75. The van der Waals surface area contributed by atoms with Gasteiger partial charge in [-0.2, -0.15) is 0 Å². The highest BCUT2D eigenvalue weighted by atomic mass is 79.9. The summed E-state index contributed by atoms with van der Waals surface area (Å²) in [5, 5.41) is 4.85. The lowest BCUT2D eigenvalue weighted by Gasteiger charge is -2.13. The predicted molar refractivity (Wildman–Crippen MR) is 100.0 cm³/mol. The number of carbonyl (C=O) groups excluding carboxylic acids is 1. The minimum Gasteiger partial charge on any atom is -0.491 e. The average Bonchev–Trinajstić information content (AvgIpc) is 2.50. The lowest BCUT2D eigenvalue weighted by molar-refractivity contribution is 0.0977. The van der Waals surface area contributed by atoms with E-state index in [0.29, 0.717) is 17.4 Å². The predicted octanol–water partition coefficient (Wildman–Crippen LogP) is 4.64. The van der Waals surface area contributed by atoms with Crippen molar-refractivity contribution in [3.05, 3.63) is 58.1 Å². The number of hydrogen-bond donors (Lipinski definition) is 2. The number of hydrogen-bond acceptors (Lipinski definition) is 3. The fraction of sp³-hybridized carbons (Fsp3) is 0.176. The van der Waals surface area contributed by atoms with Crippen molar-refractivity contribution in [2.24, 2.45) is 0 Å². The van der Waals surface area contributed by atoms with E-state index in [4.69, 9.17) is 17.0 Å². The van der Waals surface area contributed by atoms with E-state index in [1.165, 1.54) is 0 Å². The number of benzene rings is 2. The highest BCUT2D eigenvalue weighted by Crippen LogP contribution is 2.26. The van der Waals surface area contributed by atoms with Gasteiger partial charge in [-0.15, -0.1) is 0 Å². The number of carbonyl (C=O) groups is 1. The normalized spacial score (nSPS) is 10.5. The summed E-state index contributed by atoms with van der Waals surface area (Å²) in [5.41, 5.74) is 0.268. The van der Waals surface area contributed by atoms with Crippen molar-refractivity contribution in [1.82, 2.24) is 5.32 Å². The monoisotopic (exact) mass is 428 g/mol. The van der Waals surface area contributed by atoms with Crippen LogP contribution in [0.4, 0.5) is 14.5 Å². The fourth-order valence-electron chi connectivity index (χ4n) is 1.96. The lowest BCUT2D eigenvalue weighted by Crippen LogP contribution is -2.34. The maximum absolute atomic E-state index is 13.8. The van der Waals surface area contributed by atoms with Gasteiger partial charge in [0, 0.05) is 16.1 Å². The molecule has 2 aromatic carbocycles. The zero-order valence-corrected chi connectivity index (χ0v) is 15.8. The zero-order valence-electron chi connectivity index (χ0n) is 13.4. The molecule has 8 heteroatoms. The van der Waals surface area contributed by atoms with Crippen LogP contribution in [0.2, 0.25) is 0 Å². The first kappa shape index (κ1) is 19.3. The number of nitrogens with one attached hydrogen (secondary N) is 2. The Morgan fingerprint density at radius 3 is 2.60 bits per heavy atom. The number of rotatable bonds is 4. The van der Waals surface area contributed by atoms with Crippen LogP contribution in [0, 0.1) is 11.6 Å². The Morgan fingerprint density at radius 1 is 1.24 bits per heavy atom. The van der Waals surface area contributed by atoms with E-state index in [1.807, 2.05) is 13.8 Å². The van der Waals surface area contributed by atoms with E-state index < -0.39 is 17.5 Å². The molecule has 0 spiro atoms. The topological polar surface area (TPSA) is 50.4 Å². The molecule has 0 aliphatic heterocycles. The number of anilines is 1. The van der Waals surface area contributed by atoms with Gasteiger partial charge in [-0.25, -0.2) is 8.78 Å². The average molecular weight is 429 g/mol. The van der Waals surface area contributed by atoms with Gasteiger partial charge in [0.1, 0.15) is 11.6 Å². The third-order valence-corrected chi connectivity index (χ3v) is 3.77. The molecule has 0 saturated heterocycles. The molecule has 2 aromatic rings. The van der Waals surface area contributed by atoms with Crippen LogP contribution in [0.5, 0.6) is 5.75 Å². The lowest BCUT2D eigenvalue weighted by atomic mass is 10.2. The molecule has 0 atom stereocenters. The van der Waals surface area contributed by atoms with E-state index >= 15 is 0 Å². The molecule has 0 aliphatic rings. The molecular weight excluding hydrogens is 414 g/mol. The second kappa shape index (κ2) is 8.35. The van der Waals surface area contributed by atoms with Crippen LogP contribution in [0.1, 0.15) is 24.2 Å². The molecule has 0 aromatic heterocycles. The van der Waals surface area contributed by atoms with Crippen molar-refractivity contribution in [2.45, 2.75) is 20.0 Å². The van der Waals surface area contributed by atoms with Crippen LogP contribution in [-0.4, -0.2) is 17.1 Å². The fourth-order valence-corrected chi connectivity index (χ4v) is 2.67. The molecule has 4 nitrogen and oxygen atoms in total. The van der Waals surface area contributed by atoms with Crippen molar-refractivity contribution in [3.8, 4) is 5.75 Å². The second-order valence-corrected chi connectivity index (χ2v) is 6.61. The van der Waals surface area contributed by atoms with Crippen LogP contribution in [0.15, 0.2) is 40.9 Å². The van der Waals surface area contributed by atoms with Crippen molar-refractivity contribution < 1.29 is 18.3 Å². The smallest absolute Gasteiger partial charge is 0.257 e. The van der Waals surface area contributed by atoms with Crippen LogP contribution < -0.4 is 15.4 Å². The molecule has 2 rings (SSSR count). The van der Waals surface area contributed by atoms with Crippen LogP contribution in [0.3, 0.4) is 0 Å². The molecule has 0 saturated carbocycles. The third-order valence-electron chi connectivity index (χ3n) is 2.94. The maximum atomic E-state index is 13.8. The van der Waals surface area contributed by atoms with Gasteiger partial charge in [-0.05, 0) is 66.3 Å². The van der Waals surface area contributed by atoms with Gasteiger partial charge in [0.25, 0.3) is 5.91 Å². The van der Waals surface area contributed by atoms with Gasteiger partial charge in [-0.1, -0.05) is 6.07 Å². The molecule has 0 bridgehead atoms. The molecular formula is C17H15BrF2N2O2S. The number of thiocarbonyl (C=S) groups is 1. The van der Waals surface area contributed by atoms with Crippen molar-refractivity contribution in [2.75, 3.05) is 5.32 Å². The summed E-state index contributed by atoms with van der Waals surface area (Å²) in [6.07, 6.45) is -0.0279. The molecule has 0 radical (unpaired) electrons. The van der Waals surface area contributed by atoms with E-state index in [0.717, 1.165) is 6.07 Å². The first-order valence-electron chi connectivity index (χ1n) is 7.30. The molecule has 2 N–H and O–H groups in total. The summed E-state index contributed by atoms with van der Waals surface area (Å²) in [6, 6.07) is 8.39. The Bertz CT molecular complexity index is 792. The second-order valence-electron chi connectivity index (χ2n) is 5.35.